The van der Waals surface area contributed by atoms with E-state index in [1.807, 2.05) is 6.92 Å². The molecule has 1 N–H and O–H groups in total. The zero-order valence-electron chi connectivity index (χ0n) is 12.8. The predicted octanol–water partition coefficient (Wildman–Crippen LogP) is 3.33. The molecule has 1 fully saturated rings. The molecule has 118 valence electrons. The van der Waals surface area contributed by atoms with Crippen LogP contribution in [0.25, 0.3) is 0 Å². The van der Waals surface area contributed by atoms with E-state index in [0.717, 1.165) is 25.7 Å². The maximum atomic E-state index is 12.4. The third-order valence-electron chi connectivity index (χ3n) is 4.02. The molecule has 0 amide bonds. The van der Waals surface area contributed by atoms with Gasteiger partial charge in [-0.25, -0.2) is 13.1 Å². The summed E-state index contributed by atoms with van der Waals surface area (Å²) in [7, 11) is -3.44. The molecule has 0 spiro atoms. The molecular weight excluding hydrogens is 286 g/mol. The molecule has 0 saturated heterocycles. The van der Waals surface area contributed by atoms with E-state index in [4.69, 9.17) is 4.74 Å². The highest BCUT2D eigenvalue weighted by molar-refractivity contribution is 7.89. The molecule has 0 bridgehead atoms. The monoisotopic (exact) mass is 311 g/mol. The molecule has 2 atom stereocenters. The van der Waals surface area contributed by atoms with Gasteiger partial charge in [0.25, 0.3) is 0 Å². The maximum Gasteiger partial charge on any atom is 0.240 e. The maximum absolute atomic E-state index is 12.4. The van der Waals surface area contributed by atoms with Crippen LogP contribution in [-0.4, -0.2) is 21.1 Å². The van der Waals surface area contributed by atoms with E-state index in [1.165, 1.54) is 6.42 Å². The van der Waals surface area contributed by atoms with E-state index in [-0.39, 0.29) is 6.04 Å². The highest BCUT2D eigenvalue weighted by atomic mass is 32.2. The van der Waals surface area contributed by atoms with Crippen molar-refractivity contribution in [1.29, 1.82) is 0 Å². The first-order chi connectivity index (χ1) is 10.0. The van der Waals surface area contributed by atoms with Crippen molar-refractivity contribution in [2.45, 2.75) is 56.9 Å². The summed E-state index contributed by atoms with van der Waals surface area (Å²) < 4.78 is 33.2. The summed E-state index contributed by atoms with van der Waals surface area (Å²) in [5.41, 5.74) is 0. The Labute approximate surface area is 127 Å². The SMILES string of the molecule is CCCOc1ccc(S(=O)(=O)N[C@@H]2CCCC[C@@H]2C)cc1. The molecule has 1 aliphatic rings. The molecule has 5 heteroatoms. The number of rotatable bonds is 6. The fourth-order valence-electron chi connectivity index (χ4n) is 2.69. The molecule has 0 radical (unpaired) electrons. The summed E-state index contributed by atoms with van der Waals surface area (Å²) in [5.74, 6) is 1.11. The van der Waals surface area contributed by atoms with E-state index in [9.17, 15) is 8.42 Å². The number of ether oxygens (including phenoxy) is 1. The summed E-state index contributed by atoms with van der Waals surface area (Å²) in [6.45, 7) is 4.80. The van der Waals surface area contributed by atoms with Gasteiger partial charge in [-0.15, -0.1) is 0 Å². The molecule has 0 heterocycles. The standard InChI is InChI=1S/C16H25NO3S/c1-3-12-20-14-8-10-15(11-9-14)21(18,19)17-16-7-5-4-6-13(16)2/h8-11,13,16-17H,3-7,12H2,1-2H3/t13-,16+/m0/s1. The summed E-state index contributed by atoms with van der Waals surface area (Å²) >= 11 is 0. The lowest BCUT2D eigenvalue weighted by Crippen LogP contribution is -2.40. The Hall–Kier alpha value is -1.07. The number of hydrogen-bond acceptors (Lipinski definition) is 3. The van der Waals surface area contributed by atoms with Gasteiger partial charge in [-0.2, -0.15) is 0 Å². The van der Waals surface area contributed by atoms with Crippen molar-refractivity contribution in [1.82, 2.24) is 4.72 Å². The van der Waals surface area contributed by atoms with Crippen molar-refractivity contribution < 1.29 is 13.2 Å². The summed E-state index contributed by atoms with van der Waals surface area (Å²) in [6.07, 6.45) is 5.25. The van der Waals surface area contributed by atoms with E-state index in [0.29, 0.717) is 23.2 Å². The van der Waals surface area contributed by atoms with E-state index in [2.05, 4.69) is 11.6 Å². The second kappa shape index (κ2) is 7.27. The molecule has 1 aromatic rings. The van der Waals surface area contributed by atoms with Crippen molar-refractivity contribution >= 4 is 10.0 Å². The molecule has 1 saturated carbocycles. The van der Waals surface area contributed by atoms with Crippen LogP contribution in [-0.2, 0) is 10.0 Å². The minimum atomic E-state index is -3.44. The molecule has 0 aliphatic heterocycles. The van der Waals surface area contributed by atoms with E-state index in [1.54, 1.807) is 24.3 Å². The smallest absolute Gasteiger partial charge is 0.240 e. The first-order valence-electron chi connectivity index (χ1n) is 7.78. The van der Waals surface area contributed by atoms with Crippen LogP contribution in [0.2, 0.25) is 0 Å². The van der Waals surface area contributed by atoms with Crippen LogP contribution < -0.4 is 9.46 Å². The third kappa shape index (κ3) is 4.45. The van der Waals surface area contributed by atoms with Gasteiger partial charge in [0.05, 0.1) is 11.5 Å². The van der Waals surface area contributed by atoms with Crippen molar-refractivity contribution in [2.75, 3.05) is 6.61 Å². The summed E-state index contributed by atoms with van der Waals surface area (Å²) in [4.78, 5) is 0.309. The number of nitrogens with one attached hydrogen (secondary N) is 1. The quantitative estimate of drug-likeness (QED) is 0.876. The Morgan fingerprint density at radius 3 is 2.48 bits per heavy atom. The number of benzene rings is 1. The highest BCUT2D eigenvalue weighted by Crippen LogP contribution is 2.25. The Kier molecular flexibility index (Phi) is 5.65. The lowest BCUT2D eigenvalue weighted by molar-refractivity contribution is 0.310. The average molecular weight is 311 g/mol. The zero-order valence-corrected chi connectivity index (χ0v) is 13.7. The minimum Gasteiger partial charge on any atom is -0.494 e. The van der Waals surface area contributed by atoms with Crippen molar-refractivity contribution in [3.8, 4) is 5.75 Å². The lowest BCUT2D eigenvalue weighted by Gasteiger charge is -2.29. The second-order valence-electron chi connectivity index (χ2n) is 5.81. The first-order valence-corrected chi connectivity index (χ1v) is 9.26. The van der Waals surface area contributed by atoms with Gasteiger partial charge in [0.15, 0.2) is 0 Å². The van der Waals surface area contributed by atoms with Crippen LogP contribution in [0.1, 0.15) is 46.0 Å². The molecule has 0 unspecified atom stereocenters. The van der Waals surface area contributed by atoms with Gasteiger partial charge in [0.1, 0.15) is 5.75 Å². The van der Waals surface area contributed by atoms with Gasteiger partial charge in [0.2, 0.25) is 10.0 Å². The van der Waals surface area contributed by atoms with Gasteiger partial charge in [-0.05, 0) is 49.4 Å². The topological polar surface area (TPSA) is 55.4 Å². The Morgan fingerprint density at radius 2 is 1.86 bits per heavy atom. The van der Waals surface area contributed by atoms with Crippen LogP contribution in [0.5, 0.6) is 5.75 Å². The zero-order chi connectivity index (χ0) is 15.3. The fourth-order valence-corrected chi connectivity index (χ4v) is 4.07. The average Bonchev–Trinajstić information content (AvgIpc) is 2.48. The van der Waals surface area contributed by atoms with Crippen molar-refractivity contribution in [3.05, 3.63) is 24.3 Å². The molecule has 2 rings (SSSR count). The van der Waals surface area contributed by atoms with Crippen molar-refractivity contribution in [3.63, 3.8) is 0 Å². The fraction of sp³-hybridized carbons (Fsp3) is 0.625. The lowest BCUT2D eigenvalue weighted by atomic mass is 9.87. The third-order valence-corrected chi connectivity index (χ3v) is 5.53. The van der Waals surface area contributed by atoms with Crippen LogP contribution in [0.4, 0.5) is 0 Å². The van der Waals surface area contributed by atoms with Crippen LogP contribution in [0.3, 0.4) is 0 Å². The van der Waals surface area contributed by atoms with Crippen LogP contribution in [0, 0.1) is 5.92 Å². The minimum absolute atomic E-state index is 0.0553. The Morgan fingerprint density at radius 1 is 1.19 bits per heavy atom. The molecule has 21 heavy (non-hydrogen) atoms. The van der Waals surface area contributed by atoms with Crippen LogP contribution in [0.15, 0.2) is 29.2 Å². The van der Waals surface area contributed by atoms with Gasteiger partial charge in [0, 0.05) is 6.04 Å². The normalized spacial score (nSPS) is 23.0. The summed E-state index contributed by atoms with van der Waals surface area (Å²) in [5, 5.41) is 0. The largest absolute Gasteiger partial charge is 0.494 e. The van der Waals surface area contributed by atoms with Crippen molar-refractivity contribution in [2.24, 2.45) is 5.92 Å². The highest BCUT2D eigenvalue weighted by Gasteiger charge is 2.26. The molecule has 1 aromatic carbocycles. The molecular formula is C16H25NO3S. The summed E-state index contributed by atoms with van der Waals surface area (Å²) in [6, 6.07) is 6.71. The number of hydrogen-bond donors (Lipinski definition) is 1. The first kappa shape index (κ1) is 16.3. The van der Waals surface area contributed by atoms with Gasteiger partial charge < -0.3 is 4.74 Å². The molecule has 4 nitrogen and oxygen atoms in total. The van der Waals surface area contributed by atoms with Crippen LogP contribution >= 0.6 is 0 Å². The second-order valence-corrected chi connectivity index (χ2v) is 7.52. The predicted molar refractivity (Wildman–Crippen MR) is 84.0 cm³/mol. The number of sulfonamides is 1. The van der Waals surface area contributed by atoms with E-state index >= 15 is 0 Å². The van der Waals surface area contributed by atoms with E-state index < -0.39 is 10.0 Å². The van der Waals surface area contributed by atoms with Gasteiger partial charge >= 0.3 is 0 Å². The van der Waals surface area contributed by atoms with Gasteiger partial charge in [-0.3, -0.25) is 0 Å². The Bertz CT molecular complexity index is 539. The molecule has 1 aliphatic carbocycles. The van der Waals surface area contributed by atoms with Gasteiger partial charge in [-0.1, -0.05) is 26.7 Å². The Balaban J connectivity index is 2.04. The molecule has 0 aromatic heterocycles.